The van der Waals surface area contributed by atoms with Crippen LogP contribution < -0.4 is 5.32 Å². The molecule has 5 heteroatoms. The van der Waals surface area contributed by atoms with Crippen molar-refractivity contribution in [2.45, 2.75) is 6.10 Å². The molecular formula is C7H6ClNO2S. The third-order valence-electron chi connectivity index (χ3n) is 1.59. The molecule has 1 saturated heterocycles. The van der Waals surface area contributed by atoms with E-state index in [4.69, 9.17) is 16.3 Å². The van der Waals surface area contributed by atoms with E-state index in [0.717, 1.165) is 4.88 Å². The second-order valence-electron chi connectivity index (χ2n) is 2.44. The molecule has 1 aromatic heterocycles. The molecular weight excluding hydrogens is 198 g/mol. The first-order chi connectivity index (χ1) is 5.75. The second kappa shape index (κ2) is 2.95. The van der Waals surface area contributed by atoms with E-state index in [1.54, 1.807) is 0 Å². The molecule has 1 unspecified atom stereocenters. The zero-order valence-corrected chi connectivity index (χ0v) is 7.61. The van der Waals surface area contributed by atoms with Gasteiger partial charge in [-0.2, -0.15) is 0 Å². The highest BCUT2D eigenvalue weighted by Gasteiger charge is 2.25. The van der Waals surface area contributed by atoms with Crippen molar-refractivity contribution in [3.05, 3.63) is 21.3 Å². The van der Waals surface area contributed by atoms with Crippen LogP contribution in [0.15, 0.2) is 11.4 Å². The molecule has 3 nitrogen and oxygen atoms in total. The Morgan fingerprint density at radius 3 is 3.08 bits per heavy atom. The minimum Gasteiger partial charge on any atom is -0.439 e. The van der Waals surface area contributed by atoms with Gasteiger partial charge in [0, 0.05) is 10.3 Å². The lowest BCUT2D eigenvalue weighted by Crippen LogP contribution is -2.12. The Balaban J connectivity index is 2.15. The number of hydrogen-bond donors (Lipinski definition) is 1. The summed E-state index contributed by atoms with van der Waals surface area (Å²) in [6.45, 7) is 0.537. The number of nitrogens with one attached hydrogen (secondary N) is 1. The van der Waals surface area contributed by atoms with E-state index in [9.17, 15) is 4.79 Å². The Bertz CT molecular complexity index is 312. The van der Waals surface area contributed by atoms with Crippen LogP contribution in [0.5, 0.6) is 0 Å². The number of carbonyl (C=O) groups excluding carboxylic acids is 1. The summed E-state index contributed by atoms with van der Waals surface area (Å²) < 4.78 is 4.96. The minimum absolute atomic E-state index is 0.157. The summed E-state index contributed by atoms with van der Waals surface area (Å²) >= 11 is 7.22. The van der Waals surface area contributed by atoms with Crippen LogP contribution in [0.3, 0.4) is 0 Å². The first kappa shape index (κ1) is 7.89. The molecule has 1 amide bonds. The van der Waals surface area contributed by atoms with E-state index >= 15 is 0 Å². The number of hydrogen-bond acceptors (Lipinski definition) is 3. The van der Waals surface area contributed by atoms with Crippen LogP contribution in [0.4, 0.5) is 4.79 Å². The Hall–Kier alpha value is -0.740. The molecule has 0 radical (unpaired) electrons. The van der Waals surface area contributed by atoms with Gasteiger partial charge in [0.25, 0.3) is 0 Å². The Morgan fingerprint density at radius 1 is 1.75 bits per heavy atom. The number of alkyl carbamates (subject to hydrolysis) is 1. The summed E-state index contributed by atoms with van der Waals surface area (Å²) in [5.41, 5.74) is 0. The molecule has 1 aromatic rings. The molecule has 1 fully saturated rings. The van der Waals surface area contributed by atoms with Gasteiger partial charge in [-0.25, -0.2) is 4.79 Å². The fourth-order valence-corrected chi connectivity index (χ4v) is 2.16. The van der Waals surface area contributed by atoms with E-state index in [1.165, 1.54) is 11.3 Å². The Labute approximate surface area is 78.3 Å². The van der Waals surface area contributed by atoms with E-state index < -0.39 is 0 Å². The van der Waals surface area contributed by atoms with Crippen LogP contribution in [0.1, 0.15) is 11.0 Å². The van der Waals surface area contributed by atoms with Crippen LogP contribution in [0.2, 0.25) is 5.02 Å². The molecule has 1 N–H and O–H groups in total. The highest BCUT2D eigenvalue weighted by molar-refractivity contribution is 7.10. The van der Waals surface area contributed by atoms with Crippen molar-refractivity contribution >= 4 is 29.0 Å². The first-order valence-electron chi connectivity index (χ1n) is 3.44. The summed E-state index contributed by atoms with van der Waals surface area (Å²) in [6.07, 6.45) is -0.514. The largest absolute Gasteiger partial charge is 0.439 e. The average Bonchev–Trinajstić information content (AvgIpc) is 2.58. The van der Waals surface area contributed by atoms with Gasteiger partial charge in [-0.15, -0.1) is 11.3 Å². The van der Waals surface area contributed by atoms with Gasteiger partial charge in [-0.05, 0) is 6.07 Å². The molecule has 0 saturated carbocycles. The van der Waals surface area contributed by atoms with E-state index in [0.29, 0.717) is 11.6 Å². The number of cyclic esters (lactones) is 1. The molecule has 2 heterocycles. The van der Waals surface area contributed by atoms with Gasteiger partial charge >= 0.3 is 6.09 Å². The fourth-order valence-electron chi connectivity index (χ4n) is 1.04. The highest BCUT2D eigenvalue weighted by Crippen LogP contribution is 2.29. The van der Waals surface area contributed by atoms with Gasteiger partial charge in [0.1, 0.15) is 0 Å². The van der Waals surface area contributed by atoms with Crippen LogP contribution >= 0.6 is 22.9 Å². The van der Waals surface area contributed by atoms with Crippen molar-refractivity contribution in [3.63, 3.8) is 0 Å². The van der Waals surface area contributed by atoms with Crippen molar-refractivity contribution in [1.29, 1.82) is 0 Å². The topological polar surface area (TPSA) is 38.3 Å². The number of halogens is 1. The van der Waals surface area contributed by atoms with Crippen LogP contribution in [0.25, 0.3) is 0 Å². The minimum atomic E-state index is -0.357. The smallest absolute Gasteiger partial charge is 0.407 e. The lowest BCUT2D eigenvalue weighted by atomic mass is 10.3. The molecule has 2 rings (SSSR count). The van der Waals surface area contributed by atoms with Crippen molar-refractivity contribution in [1.82, 2.24) is 5.32 Å². The molecule has 0 bridgehead atoms. The van der Waals surface area contributed by atoms with Crippen LogP contribution in [-0.2, 0) is 4.74 Å². The van der Waals surface area contributed by atoms with Gasteiger partial charge in [0.05, 0.1) is 11.6 Å². The number of ether oxygens (including phenoxy) is 1. The predicted molar refractivity (Wildman–Crippen MR) is 46.6 cm³/mol. The molecule has 0 spiro atoms. The van der Waals surface area contributed by atoms with Gasteiger partial charge in [-0.3, -0.25) is 0 Å². The SMILES string of the molecule is O=C1NCC(c2cc(Cl)cs2)O1. The number of carbonyl (C=O) groups is 1. The fraction of sp³-hybridized carbons (Fsp3) is 0.286. The van der Waals surface area contributed by atoms with Gasteiger partial charge in [0.2, 0.25) is 0 Å². The molecule has 1 aliphatic rings. The quantitative estimate of drug-likeness (QED) is 0.760. The highest BCUT2D eigenvalue weighted by atomic mass is 35.5. The normalized spacial score (nSPS) is 22.1. The summed E-state index contributed by atoms with van der Waals surface area (Å²) in [6, 6.07) is 1.82. The molecule has 64 valence electrons. The summed E-state index contributed by atoms with van der Waals surface area (Å²) in [5.74, 6) is 0. The number of amides is 1. The lowest BCUT2D eigenvalue weighted by molar-refractivity contribution is 0.142. The van der Waals surface area contributed by atoms with E-state index in [1.807, 2.05) is 11.4 Å². The van der Waals surface area contributed by atoms with E-state index in [-0.39, 0.29) is 12.2 Å². The maximum atomic E-state index is 10.7. The maximum Gasteiger partial charge on any atom is 0.407 e. The van der Waals surface area contributed by atoms with Crippen molar-refractivity contribution < 1.29 is 9.53 Å². The van der Waals surface area contributed by atoms with Crippen LogP contribution in [-0.4, -0.2) is 12.6 Å². The lowest BCUT2D eigenvalue weighted by Gasteiger charge is -2.02. The van der Waals surface area contributed by atoms with Crippen LogP contribution in [0, 0.1) is 0 Å². The molecule has 12 heavy (non-hydrogen) atoms. The van der Waals surface area contributed by atoms with Crippen molar-refractivity contribution in [3.8, 4) is 0 Å². The summed E-state index contributed by atoms with van der Waals surface area (Å²) in [7, 11) is 0. The first-order valence-corrected chi connectivity index (χ1v) is 4.70. The Kier molecular flexibility index (Phi) is 1.94. The molecule has 0 aromatic carbocycles. The summed E-state index contributed by atoms with van der Waals surface area (Å²) in [4.78, 5) is 11.7. The zero-order valence-electron chi connectivity index (χ0n) is 6.04. The predicted octanol–water partition coefficient (Wildman–Crippen LogP) is 2.18. The third-order valence-corrected chi connectivity index (χ3v) is 2.96. The second-order valence-corrected chi connectivity index (χ2v) is 3.82. The zero-order chi connectivity index (χ0) is 8.55. The molecule has 1 aliphatic heterocycles. The standard InChI is InChI=1S/C7H6ClNO2S/c8-4-1-6(12-3-4)5-2-9-7(10)11-5/h1,3,5H,2H2,(H,9,10). The number of rotatable bonds is 1. The molecule has 1 atom stereocenters. The monoisotopic (exact) mass is 203 g/mol. The number of thiophene rings is 1. The van der Waals surface area contributed by atoms with Gasteiger partial charge in [-0.1, -0.05) is 11.6 Å². The molecule has 0 aliphatic carbocycles. The van der Waals surface area contributed by atoms with Crippen molar-refractivity contribution in [2.24, 2.45) is 0 Å². The van der Waals surface area contributed by atoms with E-state index in [2.05, 4.69) is 5.32 Å². The van der Waals surface area contributed by atoms with Gasteiger partial charge in [0.15, 0.2) is 6.10 Å². The third kappa shape index (κ3) is 1.40. The van der Waals surface area contributed by atoms with Gasteiger partial charge < -0.3 is 10.1 Å². The Morgan fingerprint density at radius 2 is 2.58 bits per heavy atom. The average molecular weight is 204 g/mol. The maximum absolute atomic E-state index is 10.7. The van der Waals surface area contributed by atoms with Crippen molar-refractivity contribution in [2.75, 3.05) is 6.54 Å². The summed E-state index contributed by atoms with van der Waals surface area (Å²) in [5, 5.41) is 5.09.